The van der Waals surface area contributed by atoms with Gasteiger partial charge in [-0.25, -0.2) is 0 Å². The molecular formula is C21H29N3O2. The molecule has 0 unspecified atom stereocenters. The Balaban J connectivity index is 1.61. The average Bonchev–Trinajstić information content (AvgIpc) is 2.65. The first-order chi connectivity index (χ1) is 12.4. The van der Waals surface area contributed by atoms with Crippen LogP contribution in [0.3, 0.4) is 0 Å². The summed E-state index contributed by atoms with van der Waals surface area (Å²) in [5.74, 6) is 0.703. The van der Waals surface area contributed by atoms with Crippen LogP contribution in [0.15, 0.2) is 35.3 Å². The number of fused-ring (bicyclic) bond motifs is 1. The number of hydrogen-bond acceptors (Lipinski definition) is 3. The van der Waals surface area contributed by atoms with Gasteiger partial charge in [-0.1, -0.05) is 39.3 Å². The molecule has 0 saturated heterocycles. The molecule has 1 aliphatic rings. The van der Waals surface area contributed by atoms with Crippen molar-refractivity contribution in [3.63, 3.8) is 0 Å². The second kappa shape index (κ2) is 7.60. The van der Waals surface area contributed by atoms with Crippen LogP contribution in [0.5, 0.6) is 0 Å². The number of aromatic nitrogens is 2. The smallest absolute Gasteiger partial charge is 0.241 e. The van der Waals surface area contributed by atoms with Crippen molar-refractivity contribution in [1.82, 2.24) is 15.1 Å². The molecule has 0 atom stereocenters. The molecule has 140 valence electrons. The molecule has 1 heterocycles. The molecule has 5 heteroatoms. The minimum absolute atomic E-state index is 0.0375. The first-order valence-electron chi connectivity index (χ1n) is 9.65. The fraction of sp³-hybridized carbons (Fsp3) is 0.571. The predicted octanol–water partition coefficient (Wildman–Crippen LogP) is 3.51. The van der Waals surface area contributed by atoms with E-state index < -0.39 is 0 Å². The van der Waals surface area contributed by atoms with E-state index in [-0.39, 0.29) is 23.9 Å². The van der Waals surface area contributed by atoms with E-state index >= 15 is 0 Å². The van der Waals surface area contributed by atoms with Gasteiger partial charge in [-0.3, -0.25) is 14.3 Å². The van der Waals surface area contributed by atoms with Crippen LogP contribution < -0.4 is 10.7 Å². The summed E-state index contributed by atoms with van der Waals surface area (Å²) in [6.45, 7) is 7.10. The summed E-state index contributed by atoms with van der Waals surface area (Å²) in [4.78, 5) is 24.4. The van der Waals surface area contributed by atoms with E-state index in [0.29, 0.717) is 16.3 Å². The van der Waals surface area contributed by atoms with Gasteiger partial charge in [-0.15, -0.1) is 0 Å². The molecule has 5 nitrogen and oxygen atoms in total. The Hall–Kier alpha value is -2.17. The van der Waals surface area contributed by atoms with Crippen LogP contribution in [0.4, 0.5) is 0 Å². The van der Waals surface area contributed by atoms with E-state index in [1.807, 2.05) is 18.2 Å². The number of rotatable bonds is 5. The monoisotopic (exact) mass is 355 g/mol. The van der Waals surface area contributed by atoms with Crippen molar-refractivity contribution in [3.8, 4) is 0 Å². The van der Waals surface area contributed by atoms with Gasteiger partial charge in [0, 0.05) is 11.4 Å². The van der Waals surface area contributed by atoms with Crippen LogP contribution in [0.2, 0.25) is 0 Å². The van der Waals surface area contributed by atoms with Crippen molar-refractivity contribution < 1.29 is 4.79 Å². The first kappa shape index (κ1) is 18.6. The van der Waals surface area contributed by atoms with Crippen molar-refractivity contribution in [2.75, 3.05) is 0 Å². The van der Waals surface area contributed by atoms with Crippen LogP contribution in [0.25, 0.3) is 10.9 Å². The molecule has 1 aromatic heterocycles. The van der Waals surface area contributed by atoms with Crippen LogP contribution in [-0.4, -0.2) is 21.7 Å². The van der Waals surface area contributed by atoms with Crippen LogP contribution in [0.1, 0.15) is 52.9 Å². The summed E-state index contributed by atoms with van der Waals surface area (Å²) < 4.78 is 1.61. The highest BCUT2D eigenvalue weighted by Gasteiger charge is 2.32. The molecule has 0 bridgehead atoms. The van der Waals surface area contributed by atoms with Gasteiger partial charge in [0.15, 0.2) is 0 Å². The Bertz CT molecular complexity index is 833. The van der Waals surface area contributed by atoms with Crippen molar-refractivity contribution in [1.29, 1.82) is 0 Å². The zero-order valence-electron chi connectivity index (χ0n) is 16.0. The fourth-order valence-corrected chi connectivity index (χ4v) is 4.00. The Labute approximate surface area is 154 Å². The molecular weight excluding hydrogens is 326 g/mol. The second-order valence-electron chi connectivity index (χ2n) is 8.14. The number of benzene rings is 1. The summed E-state index contributed by atoms with van der Waals surface area (Å²) in [5, 5.41) is 7.89. The van der Waals surface area contributed by atoms with Crippen LogP contribution >= 0.6 is 0 Å². The SMILES string of the molecule is CCC(C)(C)C1CCC(NC(=O)Cn2ncc(=O)c3ccccc32)CC1. The van der Waals surface area contributed by atoms with E-state index in [2.05, 4.69) is 31.2 Å². The number of nitrogens with zero attached hydrogens (tertiary/aromatic N) is 2. The van der Waals surface area contributed by atoms with Gasteiger partial charge in [0.05, 0.1) is 11.7 Å². The molecule has 1 amide bonds. The molecule has 1 saturated carbocycles. The summed E-state index contributed by atoms with van der Waals surface area (Å²) in [5.41, 5.74) is 0.964. The van der Waals surface area contributed by atoms with Crippen molar-refractivity contribution >= 4 is 16.8 Å². The first-order valence-corrected chi connectivity index (χ1v) is 9.65. The molecule has 3 rings (SSSR count). The number of carbonyl (C=O) groups is 1. The zero-order chi connectivity index (χ0) is 18.7. The van der Waals surface area contributed by atoms with E-state index in [1.165, 1.54) is 25.5 Å². The fourth-order valence-electron chi connectivity index (χ4n) is 4.00. The lowest BCUT2D eigenvalue weighted by molar-refractivity contribution is -0.122. The van der Waals surface area contributed by atoms with Gasteiger partial charge in [0.2, 0.25) is 11.3 Å². The van der Waals surface area contributed by atoms with Gasteiger partial charge >= 0.3 is 0 Å². The highest BCUT2D eigenvalue weighted by atomic mass is 16.2. The van der Waals surface area contributed by atoms with Crippen LogP contribution in [0, 0.1) is 11.3 Å². The molecule has 0 radical (unpaired) electrons. The van der Waals surface area contributed by atoms with Gasteiger partial charge in [0.25, 0.3) is 0 Å². The third-order valence-corrected chi connectivity index (χ3v) is 6.16. The van der Waals surface area contributed by atoms with E-state index in [0.717, 1.165) is 18.8 Å². The Morgan fingerprint density at radius 1 is 1.23 bits per heavy atom. The van der Waals surface area contributed by atoms with Crippen molar-refractivity contribution in [2.45, 2.75) is 65.5 Å². The molecule has 1 aromatic carbocycles. The van der Waals surface area contributed by atoms with Crippen molar-refractivity contribution in [2.24, 2.45) is 11.3 Å². The zero-order valence-corrected chi connectivity index (χ0v) is 16.0. The summed E-state index contributed by atoms with van der Waals surface area (Å²) in [6, 6.07) is 7.52. The van der Waals surface area contributed by atoms with Gasteiger partial charge in [0.1, 0.15) is 6.54 Å². The summed E-state index contributed by atoms with van der Waals surface area (Å²) in [7, 11) is 0. The highest BCUT2D eigenvalue weighted by Crippen LogP contribution is 2.40. The minimum Gasteiger partial charge on any atom is -0.352 e. The normalized spacial score (nSPS) is 20.9. The lowest BCUT2D eigenvalue weighted by Crippen LogP contribution is -2.41. The maximum absolute atomic E-state index is 12.5. The Kier molecular flexibility index (Phi) is 5.44. The standard InChI is InChI=1S/C21H29N3O2/c1-4-21(2,3)15-9-11-16(12-10-15)23-20(26)14-24-18-8-6-5-7-17(18)19(25)13-22-24/h5-8,13,15-16H,4,9-12,14H2,1-3H3,(H,23,26). The van der Waals surface area contributed by atoms with Crippen molar-refractivity contribution in [3.05, 3.63) is 40.7 Å². The number of amides is 1. The molecule has 26 heavy (non-hydrogen) atoms. The Morgan fingerprint density at radius 2 is 1.92 bits per heavy atom. The molecule has 1 N–H and O–H groups in total. The van der Waals surface area contributed by atoms with E-state index in [9.17, 15) is 9.59 Å². The topological polar surface area (TPSA) is 64.0 Å². The number of hydrogen-bond donors (Lipinski definition) is 1. The molecule has 2 aromatic rings. The average molecular weight is 355 g/mol. The predicted molar refractivity (Wildman–Crippen MR) is 104 cm³/mol. The molecule has 1 fully saturated rings. The van der Waals surface area contributed by atoms with Gasteiger partial charge < -0.3 is 5.32 Å². The third-order valence-electron chi connectivity index (χ3n) is 6.16. The lowest BCUT2D eigenvalue weighted by atomic mass is 9.69. The molecule has 1 aliphatic carbocycles. The maximum atomic E-state index is 12.5. The summed E-state index contributed by atoms with van der Waals surface area (Å²) >= 11 is 0. The molecule has 0 aliphatic heterocycles. The second-order valence-corrected chi connectivity index (χ2v) is 8.14. The number of nitrogens with one attached hydrogen (secondary N) is 1. The van der Waals surface area contributed by atoms with Crippen LogP contribution in [-0.2, 0) is 11.3 Å². The highest BCUT2D eigenvalue weighted by molar-refractivity contribution is 5.81. The quantitative estimate of drug-likeness (QED) is 0.893. The van der Waals surface area contributed by atoms with E-state index in [4.69, 9.17) is 0 Å². The van der Waals surface area contributed by atoms with E-state index in [1.54, 1.807) is 10.7 Å². The van der Waals surface area contributed by atoms with Gasteiger partial charge in [-0.2, -0.15) is 5.10 Å². The van der Waals surface area contributed by atoms with Gasteiger partial charge in [-0.05, 0) is 49.1 Å². The minimum atomic E-state index is -0.117. The number of carbonyl (C=O) groups excluding carboxylic acids is 1. The largest absolute Gasteiger partial charge is 0.352 e. The number of para-hydroxylation sites is 1. The molecule has 0 spiro atoms. The maximum Gasteiger partial charge on any atom is 0.241 e. The Morgan fingerprint density at radius 3 is 2.62 bits per heavy atom. The lowest BCUT2D eigenvalue weighted by Gasteiger charge is -2.39. The third kappa shape index (κ3) is 3.97. The summed E-state index contributed by atoms with van der Waals surface area (Å²) in [6.07, 6.45) is 6.90.